The van der Waals surface area contributed by atoms with E-state index in [1.165, 1.54) is 22.4 Å². The Hall–Kier alpha value is -3.57. The molecule has 0 amide bonds. The Bertz CT molecular complexity index is 1250. The second-order valence-electron chi connectivity index (χ2n) is 9.61. The molecule has 5 rings (SSSR count). The number of rotatable bonds is 11. The van der Waals surface area contributed by atoms with Crippen LogP contribution in [0.15, 0.2) is 85.1 Å². The fraction of sp³-hybridized carbons (Fsp3) is 0.323. The number of nitrogens with zero attached hydrogens (tertiary/aromatic N) is 3. The summed E-state index contributed by atoms with van der Waals surface area (Å²) in [5.74, 6) is 3.12. The molecule has 186 valence electrons. The maximum Gasteiger partial charge on any atom is 0.231 e. The van der Waals surface area contributed by atoms with Crippen LogP contribution in [0, 0.1) is 0 Å². The zero-order valence-corrected chi connectivity index (χ0v) is 21.3. The van der Waals surface area contributed by atoms with Crippen LogP contribution in [0.3, 0.4) is 0 Å². The summed E-state index contributed by atoms with van der Waals surface area (Å²) >= 11 is 0. The van der Waals surface area contributed by atoms with Crippen molar-refractivity contribution in [3.63, 3.8) is 0 Å². The lowest BCUT2D eigenvalue weighted by Gasteiger charge is -2.27. The Morgan fingerprint density at radius 1 is 0.917 bits per heavy atom. The Balaban J connectivity index is 1.43. The van der Waals surface area contributed by atoms with Crippen molar-refractivity contribution in [3.8, 4) is 22.9 Å². The van der Waals surface area contributed by atoms with Gasteiger partial charge in [0.1, 0.15) is 5.82 Å². The molecule has 5 heteroatoms. The van der Waals surface area contributed by atoms with Gasteiger partial charge in [-0.2, -0.15) is 0 Å². The Morgan fingerprint density at radius 3 is 2.44 bits per heavy atom. The molecule has 0 fully saturated rings. The highest BCUT2D eigenvalue weighted by molar-refractivity contribution is 5.56. The van der Waals surface area contributed by atoms with E-state index in [4.69, 9.17) is 14.5 Å². The third-order valence-corrected chi connectivity index (χ3v) is 6.83. The van der Waals surface area contributed by atoms with Crippen molar-refractivity contribution in [2.24, 2.45) is 0 Å². The van der Waals surface area contributed by atoms with E-state index in [0.29, 0.717) is 12.7 Å². The predicted octanol–water partition coefficient (Wildman–Crippen LogP) is 6.88. The third kappa shape index (κ3) is 5.63. The van der Waals surface area contributed by atoms with Gasteiger partial charge in [-0.25, -0.2) is 4.98 Å². The summed E-state index contributed by atoms with van der Waals surface area (Å²) < 4.78 is 13.6. The van der Waals surface area contributed by atoms with E-state index >= 15 is 0 Å². The molecule has 4 aromatic rings. The standard InChI is InChI=1S/C31H35N3O2/c1-3-4-17-34-28(19-32-31(34)27-13-9-6-10-14-27)22-33(20-24(2)26-11-7-5-8-12-26)21-25-15-16-29-30(18-25)36-23-35-29/h5-16,18-19,24H,3-4,17,20-23H2,1-2H3. The van der Waals surface area contributed by atoms with Gasteiger partial charge >= 0.3 is 0 Å². The highest BCUT2D eigenvalue weighted by atomic mass is 16.7. The fourth-order valence-corrected chi connectivity index (χ4v) is 4.91. The Morgan fingerprint density at radius 2 is 1.67 bits per heavy atom. The summed E-state index contributed by atoms with van der Waals surface area (Å²) in [5, 5.41) is 0. The first kappa shape index (κ1) is 24.1. The summed E-state index contributed by atoms with van der Waals surface area (Å²) in [6.45, 7) is 8.42. The van der Waals surface area contributed by atoms with E-state index in [1.54, 1.807) is 0 Å². The first-order valence-electron chi connectivity index (χ1n) is 13.0. The molecule has 1 aliphatic rings. The lowest BCUT2D eigenvalue weighted by Crippen LogP contribution is -2.28. The van der Waals surface area contributed by atoms with E-state index in [-0.39, 0.29) is 0 Å². The van der Waals surface area contributed by atoms with Crippen molar-refractivity contribution in [1.29, 1.82) is 0 Å². The minimum Gasteiger partial charge on any atom is -0.454 e. The molecule has 1 atom stereocenters. The summed E-state index contributed by atoms with van der Waals surface area (Å²) in [6.07, 6.45) is 4.35. The monoisotopic (exact) mass is 481 g/mol. The van der Waals surface area contributed by atoms with E-state index < -0.39 is 0 Å². The molecule has 0 N–H and O–H groups in total. The molecular weight excluding hydrogens is 446 g/mol. The van der Waals surface area contributed by atoms with Gasteiger partial charge in [0.25, 0.3) is 0 Å². The average molecular weight is 482 g/mol. The number of ether oxygens (including phenoxy) is 2. The summed E-state index contributed by atoms with van der Waals surface area (Å²) in [4.78, 5) is 7.41. The van der Waals surface area contributed by atoms with Crippen molar-refractivity contribution < 1.29 is 9.47 Å². The molecule has 1 aliphatic heterocycles. The predicted molar refractivity (Wildman–Crippen MR) is 144 cm³/mol. The normalized spacial score (nSPS) is 13.3. The van der Waals surface area contributed by atoms with Gasteiger partial charge in [0.05, 0.1) is 11.9 Å². The fourth-order valence-electron chi connectivity index (χ4n) is 4.91. The van der Waals surface area contributed by atoms with Crippen LogP contribution in [-0.2, 0) is 19.6 Å². The molecule has 0 aliphatic carbocycles. The molecule has 1 aromatic heterocycles. The maximum absolute atomic E-state index is 5.65. The van der Waals surface area contributed by atoms with Crippen LogP contribution in [0.4, 0.5) is 0 Å². The number of unbranched alkanes of at least 4 members (excludes halogenated alkanes) is 1. The van der Waals surface area contributed by atoms with Crippen LogP contribution >= 0.6 is 0 Å². The molecule has 0 radical (unpaired) electrons. The number of fused-ring (bicyclic) bond motifs is 1. The third-order valence-electron chi connectivity index (χ3n) is 6.83. The highest BCUT2D eigenvalue weighted by Gasteiger charge is 2.19. The summed E-state index contributed by atoms with van der Waals surface area (Å²) in [5.41, 5.74) is 5.00. The first-order valence-corrected chi connectivity index (χ1v) is 13.0. The Labute approximate surface area is 214 Å². The van der Waals surface area contributed by atoms with Crippen molar-refractivity contribution in [2.45, 2.75) is 52.2 Å². The van der Waals surface area contributed by atoms with Crippen LogP contribution in [0.2, 0.25) is 0 Å². The number of hydrogen-bond acceptors (Lipinski definition) is 4. The summed E-state index contributed by atoms with van der Waals surface area (Å²) in [6, 6.07) is 27.6. The SMILES string of the molecule is CCCCn1c(CN(Cc2ccc3c(c2)OCO3)CC(C)c2ccccc2)cnc1-c1ccccc1. The molecule has 0 spiro atoms. The second kappa shape index (κ2) is 11.4. The van der Waals surface area contributed by atoms with Gasteiger partial charge < -0.3 is 14.0 Å². The topological polar surface area (TPSA) is 39.5 Å². The Kier molecular flexibility index (Phi) is 7.67. The number of benzene rings is 3. The van der Waals surface area contributed by atoms with Gasteiger partial charge in [0.15, 0.2) is 11.5 Å². The molecule has 5 nitrogen and oxygen atoms in total. The molecule has 36 heavy (non-hydrogen) atoms. The molecule has 3 aromatic carbocycles. The largest absolute Gasteiger partial charge is 0.454 e. The lowest BCUT2D eigenvalue weighted by atomic mass is 10.0. The summed E-state index contributed by atoms with van der Waals surface area (Å²) in [7, 11) is 0. The first-order chi connectivity index (χ1) is 17.7. The molecule has 1 unspecified atom stereocenters. The minimum atomic E-state index is 0.298. The van der Waals surface area contributed by atoms with Gasteiger partial charge in [-0.05, 0) is 35.6 Å². The van der Waals surface area contributed by atoms with Crippen LogP contribution in [-0.4, -0.2) is 27.8 Å². The number of aromatic nitrogens is 2. The van der Waals surface area contributed by atoms with Crippen LogP contribution in [0.25, 0.3) is 11.4 Å². The van der Waals surface area contributed by atoms with Crippen molar-refractivity contribution in [2.75, 3.05) is 13.3 Å². The zero-order chi connectivity index (χ0) is 24.7. The lowest BCUT2D eigenvalue weighted by molar-refractivity contribution is 0.174. The van der Waals surface area contributed by atoms with Crippen LogP contribution in [0.5, 0.6) is 11.5 Å². The average Bonchev–Trinajstić information content (AvgIpc) is 3.55. The molecule has 0 bridgehead atoms. The highest BCUT2D eigenvalue weighted by Crippen LogP contribution is 2.33. The zero-order valence-electron chi connectivity index (χ0n) is 21.3. The van der Waals surface area contributed by atoms with Crippen molar-refractivity contribution in [1.82, 2.24) is 14.5 Å². The molecule has 0 saturated carbocycles. The maximum atomic E-state index is 5.65. The van der Waals surface area contributed by atoms with Gasteiger partial charge in [-0.3, -0.25) is 4.90 Å². The second-order valence-corrected chi connectivity index (χ2v) is 9.61. The van der Waals surface area contributed by atoms with Gasteiger partial charge in [0, 0.05) is 31.7 Å². The molecule has 0 saturated heterocycles. The van der Waals surface area contributed by atoms with Gasteiger partial charge in [-0.1, -0.05) is 87.0 Å². The van der Waals surface area contributed by atoms with Crippen molar-refractivity contribution >= 4 is 0 Å². The van der Waals surface area contributed by atoms with E-state index in [1.807, 2.05) is 6.07 Å². The molecule has 2 heterocycles. The smallest absolute Gasteiger partial charge is 0.231 e. The van der Waals surface area contributed by atoms with E-state index in [2.05, 4.69) is 102 Å². The van der Waals surface area contributed by atoms with Gasteiger partial charge in [0.2, 0.25) is 6.79 Å². The quantitative estimate of drug-likeness (QED) is 0.234. The van der Waals surface area contributed by atoms with Gasteiger partial charge in [-0.15, -0.1) is 0 Å². The van der Waals surface area contributed by atoms with E-state index in [0.717, 1.165) is 56.3 Å². The van der Waals surface area contributed by atoms with Crippen molar-refractivity contribution in [3.05, 3.63) is 102 Å². The van der Waals surface area contributed by atoms with Crippen LogP contribution < -0.4 is 9.47 Å². The van der Waals surface area contributed by atoms with Crippen LogP contribution in [0.1, 0.15) is 49.4 Å². The number of hydrogen-bond donors (Lipinski definition) is 0. The molecular formula is C31H35N3O2. The number of imidazole rings is 1. The minimum absolute atomic E-state index is 0.298. The van der Waals surface area contributed by atoms with E-state index in [9.17, 15) is 0 Å².